The number of rotatable bonds is 5. The fourth-order valence-corrected chi connectivity index (χ4v) is 1.13. The van der Waals surface area contributed by atoms with Gasteiger partial charge >= 0.3 is 0 Å². The zero-order valence-corrected chi connectivity index (χ0v) is 8.56. The molecule has 0 heterocycles. The number of nitrogens with two attached hydrogens (primary N) is 1. The molecule has 0 aliphatic heterocycles. The lowest BCUT2D eigenvalue weighted by Gasteiger charge is -2.05. The fourth-order valence-electron chi connectivity index (χ4n) is 1.13. The molecule has 16 heavy (non-hydrogen) atoms. The quantitative estimate of drug-likeness (QED) is 0.224. The molecule has 0 aromatic heterocycles. The third-order valence-electron chi connectivity index (χ3n) is 1.95. The summed E-state index contributed by atoms with van der Waals surface area (Å²) in [5, 5.41) is 19.7. The first-order chi connectivity index (χ1) is 7.69. The largest absolute Gasteiger partial charge is 0.409 e. The van der Waals surface area contributed by atoms with Crippen LogP contribution in [0.4, 0.5) is 4.39 Å². The third kappa shape index (κ3) is 3.18. The molecule has 1 rings (SSSR count). The predicted molar refractivity (Wildman–Crippen MR) is 55.7 cm³/mol. The highest BCUT2D eigenvalue weighted by molar-refractivity contribution is 5.97. The van der Waals surface area contributed by atoms with Crippen LogP contribution in [-0.2, 0) is 11.3 Å². The van der Waals surface area contributed by atoms with Gasteiger partial charge in [0.15, 0.2) is 5.84 Å². The van der Waals surface area contributed by atoms with Crippen LogP contribution in [0.1, 0.15) is 11.1 Å². The van der Waals surface area contributed by atoms with Gasteiger partial charge in [-0.25, -0.2) is 4.39 Å². The minimum atomic E-state index is -0.498. The molecule has 0 unspecified atom stereocenters. The number of amidine groups is 1. The number of oxime groups is 1. The van der Waals surface area contributed by atoms with E-state index < -0.39 is 5.82 Å². The molecule has 0 aliphatic rings. The second-order valence-corrected chi connectivity index (χ2v) is 3.07. The van der Waals surface area contributed by atoms with Gasteiger partial charge in [0.05, 0.1) is 19.8 Å². The fraction of sp³-hybridized carbons (Fsp3) is 0.300. The summed E-state index contributed by atoms with van der Waals surface area (Å²) < 4.78 is 18.4. The van der Waals surface area contributed by atoms with Crippen molar-refractivity contribution >= 4 is 5.84 Å². The van der Waals surface area contributed by atoms with E-state index in [2.05, 4.69) is 5.16 Å². The number of aliphatic hydroxyl groups is 1. The Hall–Kier alpha value is -1.66. The number of ether oxygens (including phenoxy) is 1. The zero-order valence-electron chi connectivity index (χ0n) is 8.56. The maximum absolute atomic E-state index is 13.4. The highest BCUT2D eigenvalue weighted by Gasteiger charge is 2.06. The van der Waals surface area contributed by atoms with E-state index >= 15 is 0 Å². The highest BCUT2D eigenvalue weighted by Crippen LogP contribution is 2.11. The number of nitrogens with zero attached hydrogens (tertiary/aromatic N) is 1. The Balaban J connectivity index is 2.75. The lowest BCUT2D eigenvalue weighted by molar-refractivity contribution is 0.0799. The van der Waals surface area contributed by atoms with Crippen LogP contribution in [0.15, 0.2) is 23.4 Å². The summed E-state index contributed by atoms with van der Waals surface area (Å²) in [7, 11) is 0. The number of halogens is 1. The second kappa shape index (κ2) is 6.04. The molecule has 1 aromatic carbocycles. The lowest BCUT2D eigenvalue weighted by atomic mass is 10.1. The summed E-state index contributed by atoms with van der Waals surface area (Å²) in [6, 6.07) is 4.17. The minimum absolute atomic E-state index is 0.0723. The summed E-state index contributed by atoms with van der Waals surface area (Å²) >= 11 is 0. The molecule has 0 bridgehead atoms. The molecule has 5 nitrogen and oxygen atoms in total. The van der Waals surface area contributed by atoms with E-state index in [1.807, 2.05) is 0 Å². The Labute approximate surface area is 91.9 Å². The van der Waals surface area contributed by atoms with Gasteiger partial charge in [0.2, 0.25) is 0 Å². The first-order valence-corrected chi connectivity index (χ1v) is 4.64. The van der Waals surface area contributed by atoms with E-state index in [1.165, 1.54) is 12.1 Å². The van der Waals surface area contributed by atoms with Gasteiger partial charge in [-0.05, 0) is 6.07 Å². The van der Waals surface area contributed by atoms with Crippen molar-refractivity contribution in [3.8, 4) is 0 Å². The summed E-state index contributed by atoms with van der Waals surface area (Å²) in [5.41, 5.74) is 5.95. The number of aliphatic hydroxyl groups excluding tert-OH is 1. The average molecular weight is 228 g/mol. The molecule has 6 heteroatoms. The van der Waals surface area contributed by atoms with E-state index in [9.17, 15) is 4.39 Å². The van der Waals surface area contributed by atoms with Gasteiger partial charge in [-0.15, -0.1) is 0 Å². The van der Waals surface area contributed by atoms with E-state index in [1.54, 1.807) is 0 Å². The molecular formula is C10H13FN2O3. The summed E-state index contributed by atoms with van der Waals surface area (Å²) in [4.78, 5) is 0. The molecule has 0 saturated heterocycles. The van der Waals surface area contributed by atoms with E-state index in [0.717, 1.165) is 6.07 Å². The minimum Gasteiger partial charge on any atom is -0.409 e. The van der Waals surface area contributed by atoms with Gasteiger partial charge in [0.1, 0.15) is 5.82 Å². The standard InChI is InChI=1S/C10H13FN2O3/c11-9-5-7(10(12)13-15)1-2-8(9)6-16-4-3-14/h1-2,5,14-15H,3-4,6H2,(H2,12,13). The monoisotopic (exact) mass is 228 g/mol. The van der Waals surface area contributed by atoms with Crippen LogP contribution in [0.5, 0.6) is 0 Å². The number of benzene rings is 1. The summed E-state index contributed by atoms with van der Waals surface area (Å²) in [6.07, 6.45) is 0. The van der Waals surface area contributed by atoms with Crippen LogP contribution >= 0.6 is 0 Å². The Morgan fingerprint density at radius 3 is 2.81 bits per heavy atom. The molecule has 0 amide bonds. The van der Waals surface area contributed by atoms with Crippen molar-refractivity contribution in [3.63, 3.8) is 0 Å². The van der Waals surface area contributed by atoms with Crippen LogP contribution in [0, 0.1) is 5.82 Å². The topological polar surface area (TPSA) is 88.1 Å². The Morgan fingerprint density at radius 2 is 2.25 bits per heavy atom. The van der Waals surface area contributed by atoms with Crippen molar-refractivity contribution in [2.45, 2.75) is 6.61 Å². The maximum atomic E-state index is 13.4. The van der Waals surface area contributed by atoms with Gasteiger partial charge in [-0.2, -0.15) is 0 Å². The van der Waals surface area contributed by atoms with E-state index in [4.69, 9.17) is 20.8 Å². The van der Waals surface area contributed by atoms with Crippen molar-refractivity contribution in [1.29, 1.82) is 0 Å². The summed E-state index contributed by atoms with van der Waals surface area (Å²) in [5.74, 6) is -0.649. The first kappa shape index (κ1) is 12.4. The predicted octanol–water partition coefficient (Wildman–Crippen LogP) is 0.429. The molecular weight excluding hydrogens is 215 g/mol. The summed E-state index contributed by atoms with van der Waals surface area (Å²) in [6.45, 7) is 0.119. The van der Waals surface area contributed by atoms with E-state index in [-0.39, 0.29) is 25.7 Å². The molecule has 0 atom stereocenters. The number of hydrogen-bond acceptors (Lipinski definition) is 4. The van der Waals surface area contributed by atoms with Crippen LogP contribution < -0.4 is 5.73 Å². The third-order valence-corrected chi connectivity index (χ3v) is 1.95. The highest BCUT2D eigenvalue weighted by atomic mass is 19.1. The molecule has 88 valence electrons. The van der Waals surface area contributed by atoms with Gasteiger partial charge in [0.25, 0.3) is 0 Å². The van der Waals surface area contributed by atoms with Crippen LogP contribution in [0.25, 0.3) is 0 Å². The van der Waals surface area contributed by atoms with Crippen molar-refractivity contribution in [2.75, 3.05) is 13.2 Å². The van der Waals surface area contributed by atoms with Crippen molar-refractivity contribution in [2.24, 2.45) is 10.9 Å². The SMILES string of the molecule is N/C(=N\O)c1ccc(COCCO)c(F)c1. The van der Waals surface area contributed by atoms with Crippen LogP contribution in [0.2, 0.25) is 0 Å². The normalized spacial score (nSPS) is 11.8. The molecule has 0 fully saturated rings. The van der Waals surface area contributed by atoms with Gasteiger partial charge in [0, 0.05) is 11.1 Å². The molecule has 0 aliphatic carbocycles. The zero-order chi connectivity index (χ0) is 12.0. The number of hydrogen-bond donors (Lipinski definition) is 3. The molecule has 0 saturated carbocycles. The van der Waals surface area contributed by atoms with Gasteiger partial charge in [-0.1, -0.05) is 17.3 Å². The Bertz CT molecular complexity index is 382. The lowest BCUT2D eigenvalue weighted by Crippen LogP contribution is -2.13. The molecule has 4 N–H and O–H groups in total. The Kier molecular flexibility index (Phi) is 4.68. The Morgan fingerprint density at radius 1 is 1.50 bits per heavy atom. The maximum Gasteiger partial charge on any atom is 0.170 e. The smallest absolute Gasteiger partial charge is 0.170 e. The van der Waals surface area contributed by atoms with Crippen molar-refractivity contribution in [1.82, 2.24) is 0 Å². The van der Waals surface area contributed by atoms with Gasteiger partial charge in [-0.3, -0.25) is 0 Å². The van der Waals surface area contributed by atoms with E-state index in [0.29, 0.717) is 11.1 Å². The van der Waals surface area contributed by atoms with Crippen LogP contribution in [-0.4, -0.2) is 29.4 Å². The van der Waals surface area contributed by atoms with Crippen LogP contribution in [0.3, 0.4) is 0 Å². The van der Waals surface area contributed by atoms with Crippen molar-refractivity contribution in [3.05, 3.63) is 35.1 Å². The molecule has 0 radical (unpaired) electrons. The first-order valence-electron chi connectivity index (χ1n) is 4.64. The van der Waals surface area contributed by atoms with Crippen molar-refractivity contribution < 1.29 is 19.4 Å². The molecule has 0 spiro atoms. The second-order valence-electron chi connectivity index (χ2n) is 3.07. The van der Waals surface area contributed by atoms with Gasteiger partial charge < -0.3 is 20.8 Å². The molecule has 1 aromatic rings. The average Bonchev–Trinajstić information content (AvgIpc) is 2.30.